The molecule has 1 aromatic carbocycles. The standard InChI is InChI=1S/C12H15Cl2NO2/c1-15-12(11-7-16-4-5-17-11)8-2-3-9(13)10(14)6-8/h2-3,6,11-12,15H,4-5,7H2,1H3. The Hall–Kier alpha value is -0.320. The van der Waals surface area contributed by atoms with Crippen LogP contribution in [-0.4, -0.2) is 33.0 Å². The Bertz CT molecular complexity index is 381. The number of hydrogen-bond donors (Lipinski definition) is 1. The second-order valence-corrected chi connectivity index (χ2v) is 4.74. The van der Waals surface area contributed by atoms with Crippen LogP contribution in [0.25, 0.3) is 0 Å². The highest BCUT2D eigenvalue weighted by Crippen LogP contribution is 2.28. The van der Waals surface area contributed by atoms with Crippen LogP contribution in [0, 0.1) is 0 Å². The lowest BCUT2D eigenvalue weighted by molar-refractivity contribution is -0.101. The number of halogens is 2. The van der Waals surface area contributed by atoms with E-state index in [1.807, 2.05) is 19.2 Å². The molecule has 1 aliphatic heterocycles. The van der Waals surface area contributed by atoms with Gasteiger partial charge in [-0.1, -0.05) is 29.3 Å². The molecule has 1 aliphatic rings. The Morgan fingerprint density at radius 3 is 2.71 bits per heavy atom. The summed E-state index contributed by atoms with van der Waals surface area (Å²) in [6.45, 7) is 1.88. The zero-order chi connectivity index (χ0) is 12.3. The van der Waals surface area contributed by atoms with E-state index < -0.39 is 0 Å². The highest BCUT2D eigenvalue weighted by molar-refractivity contribution is 6.42. The van der Waals surface area contributed by atoms with Crippen LogP contribution in [0.4, 0.5) is 0 Å². The molecule has 2 unspecified atom stereocenters. The minimum atomic E-state index is 0.00555. The van der Waals surface area contributed by atoms with Crippen molar-refractivity contribution in [2.75, 3.05) is 26.9 Å². The van der Waals surface area contributed by atoms with Crippen LogP contribution < -0.4 is 5.32 Å². The molecule has 0 bridgehead atoms. The van der Waals surface area contributed by atoms with Crippen molar-refractivity contribution < 1.29 is 9.47 Å². The highest BCUT2D eigenvalue weighted by atomic mass is 35.5. The highest BCUT2D eigenvalue weighted by Gasteiger charge is 2.25. The van der Waals surface area contributed by atoms with Gasteiger partial charge in [0.1, 0.15) is 6.10 Å². The molecule has 0 amide bonds. The normalized spacial score (nSPS) is 22.4. The first-order chi connectivity index (χ1) is 8.22. The second-order valence-electron chi connectivity index (χ2n) is 3.92. The maximum absolute atomic E-state index is 6.02. The van der Waals surface area contributed by atoms with Crippen LogP contribution in [0.1, 0.15) is 11.6 Å². The smallest absolute Gasteiger partial charge is 0.100 e. The SMILES string of the molecule is CNC(c1ccc(Cl)c(Cl)c1)C1COCCO1. The predicted molar refractivity (Wildman–Crippen MR) is 68.8 cm³/mol. The third-order valence-corrected chi connectivity index (χ3v) is 3.57. The number of likely N-dealkylation sites (N-methyl/N-ethyl adjacent to an activating group) is 1. The number of ether oxygens (including phenoxy) is 2. The van der Waals surface area contributed by atoms with Gasteiger partial charge in [-0.15, -0.1) is 0 Å². The lowest BCUT2D eigenvalue weighted by Gasteiger charge is -2.30. The Kier molecular flexibility index (Phi) is 4.65. The molecular weight excluding hydrogens is 261 g/mol. The van der Waals surface area contributed by atoms with E-state index in [1.165, 1.54) is 0 Å². The summed E-state index contributed by atoms with van der Waals surface area (Å²) >= 11 is 11.9. The van der Waals surface area contributed by atoms with Crippen LogP contribution in [-0.2, 0) is 9.47 Å². The lowest BCUT2D eigenvalue weighted by Crippen LogP contribution is -2.39. The first kappa shape index (κ1) is 13.1. The van der Waals surface area contributed by atoms with E-state index in [4.69, 9.17) is 32.7 Å². The molecule has 1 saturated heterocycles. The zero-order valence-corrected chi connectivity index (χ0v) is 11.1. The van der Waals surface area contributed by atoms with Gasteiger partial charge in [0.25, 0.3) is 0 Å². The van der Waals surface area contributed by atoms with Crippen molar-refractivity contribution in [1.82, 2.24) is 5.32 Å². The van der Waals surface area contributed by atoms with Crippen molar-refractivity contribution in [2.45, 2.75) is 12.1 Å². The minimum absolute atomic E-state index is 0.00555. The molecule has 1 heterocycles. The predicted octanol–water partition coefficient (Wildman–Crippen LogP) is 2.67. The first-order valence-corrected chi connectivity index (χ1v) is 6.29. The van der Waals surface area contributed by atoms with Crippen molar-refractivity contribution in [3.8, 4) is 0 Å². The molecule has 1 aromatic rings. The molecule has 0 aromatic heterocycles. The van der Waals surface area contributed by atoms with E-state index >= 15 is 0 Å². The van der Waals surface area contributed by atoms with Crippen molar-refractivity contribution in [3.63, 3.8) is 0 Å². The molecule has 0 saturated carbocycles. The summed E-state index contributed by atoms with van der Waals surface area (Å²) in [6, 6.07) is 5.67. The van der Waals surface area contributed by atoms with Gasteiger partial charge in [-0.05, 0) is 24.7 Å². The van der Waals surface area contributed by atoms with Gasteiger partial charge in [0.05, 0.1) is 35.9 Å². The fraction of sp³-hybridized carbons (Fsp3) is 0.500. The van der Waals surface area contributed by atoms with Crippen LogP contribution >= 0.6 is 23.2 Å². The van der Waals surface area contributed by atoms with Crippen molar-refractivity contribution in [1.29, 1.82) is 0 Å². The minimum Gasteiger partial charge on any atom is -0.376 e. The fourth-order valence-electron chi connectivity index (χ4n) is 1.97. The van der Waals surface area contributed by atoms with E-state index in [1.54, 1.807) is 6.07 Å². The van der Waals surface area contributed by atoms with Crippen LogP contribution in [0.5, 0.6) is 0 Å². The molecule has 0 aliphatic carbocycles. The molecule has 2 rings (SSSR count). The number of nitrogens with one attached hydrogen (secondary N) is 1. The maximum atomic E-state index is 6.02. The molecule has 17 heavy (non-hydrogen) atoms. The largest absolute Gasteiger partial charge is 0.376 e. The van der Waals surface area contributed by atoms with Gasteiger partial charge >= 0.3 is 0 Å². The van der Waals surface area contributed by atoms with Crippen molar-refractivity contribution >= 4 is 23.2 Å². The number of hydrogen-bond acceptors (Lipinski definition) is 3. The quantitative estimate of drug-likeness (QED) is 0.920. The zero-order valence-electron chi connectivity index (χ0n) is 9.58. The molecule has 94 valence electrons. The number of rotatable bonds is 3. The van der Waals surface area contributed by atoms with E-state index in [0.29, 0.717) is 29.9 Å². The van der Waals surface area contributed by atoms with Gasteiger partial charge in [-0.3, -0.25) is 0 Å². The van der Waals surface area contributed by atoms with Crippen LogP contribution in [0.3, 0.4) is 0 Å². The number of benzene rings is 1. The Morgan fingerprint density at radius 1 is 1.29 bits per heavy atom. The van der Waals surface area contributed by atoms with E-state index in [2.05, 4.69) is 5.32 Å². The molecule has 0 radical (unpaired) electrons. The van der Waals surface area contributed by atoms with Gasteiger partial charge < -0.3 is 14.8 Å². The molecular formula is C12H15Cl2NO2. The third kappa shape index (κ3) is 3.12. The second kappa shape index (κ2) is 6.03. The third-order valence-electron chi connectivity index (χ3n) is 2.83. The van der Waals surface area contributed by atoms with Gasteiger partial charge in [-0.25, -0.2) is 0 Å². The summed E-state index contributed by atoms with van der Waals surface area (Å²) in [6.07, 6.45) is 0.00555. The van der Waals surface area contributed by atoms with Gasteiger partial charge in [-0.2, -0.15) is 0 Å². The summed E-state index contributed by atoms with van der Waals surface area (Å²) < 4.78 is 11.1. The monoisotopic (exact) mass is 275 g/mol. The lowest BCUT2D eigenvalue weighted by atomic mass is 10.0. The summed E-state index contributed by atoms with van der Waals surface area (Å²) in [5.74, 6) is 0. The Labute approximate surface area is 111 Å². The van der Waals surface area contributed by atoms with Gasteiger partial charge in [0.15, 0.2) is 0 Å². The molecule has 0 spiro atoms. The Balaban J connectivity index is 2.18. The van der Waals surface area contributed by atoms with Crippen LogP contribution in [0.2, 0.25) is 10.0 Å². The molecule has 1 fully saturated rings. The van der Waals surface area contributed by atoms with E-state index in [-0.39, 0.29) is 12.1 Å². The maximum Gasteiger partial charge on any atom is 0.100 e. The van der Waals surface area contributed by atoms with Gasteiger partial charge in [0, 0.05) is 0 Å². The van der Waals surface area contributed by atoms with Gasteiger partial charge in [0.2, 0.25) is 0 Å². The summed E-state index contributed by atoms with van der Waals surface area (Å²) in [7, 11) is 1.89. The summed E-state index contributed by atoms with van der Waals surface area (Å²) in [5, 5.41) is 4.35. The van der Waals surface area contributed by atoms with E-state index in [0.717, 1.165) is 5.56 Å². The van der Waals surface area contributed by atoms with Crippen molar-refractivity contribution in [2.24, 2.45) is 0 Å². The fourth-order valence-corrected chi connectivity index (χ4v) is 2.28. The first-order valence-electron chi connectivity index (χ1n) is 5.54. The molecule has 5 heteroatoms. The summed E-state index contributed by atoms with van der Waals surface area (Å²) in [5.41, 5.74) is 1.05. The molecule has 2 atom stereocenters. The Morgan fingerprint density at radius 2 is 2.12 bits per heavy atom. The average molecular weight is 276 g/mol. The topological polar surface area (TPSA) is 30.5 Å². The molecule has 1 N–H and O–H groups in total. The average Bonchev–Trinajstić information content (AvgIpc) is 2.36. The summed E-state index contributed by atoms with van der Waals surface area (Å²) in [4.78, 5) is 0. The molecule has 3 nitrogen and oxygen atoms in total. The van der Waals surface area contributed by atoms with Crippen molar-refractivity contribution in [3.05, 3.63) is 33.8 Å². The van der Waals surface area contributed by atoms with Crippen LogP contribution in [0.15, 0.2) is 18.2 Å². The van der Waals surface area contributed by atoms with E-state index in [9.17, 15) is 0 Å².